The van der Waals surface area contributed by atoms with Crippen molar-refractivity contribution in [3.8, 4) is 0 Å². The van der Waals surface area contributed by atoms with Gasteiger partial charge in [0.15, 0.2) is 0 Å². The molecule has 5 nitrogen and oxygen atoms in total. The second-order valence-corrected chi connectivity index (χ2v) is 4.93. The smallest absolute Gasteiger partial charge is 0.148 e. The van der Waals surface area contributed by atoms with Crippen LogP contribution in [0.5, 0.6) is 0 Å². The van der Waals surface area contributed by atoms with E-state index in [1.165, 1.54) is 0 Å². The quantitative estimate of drug-likeness (QED) is 0.623. The lowest BCUT2D eigenvalue weighted by Crippen LogP contribution is -2.30. The van der Waals surface area contributed by atoms with Crippen molar-refractivity contribution in [3.63, 3.8) is 0 Å². The maximum absolute atomic E-state index is 7.50. The average molecular weight is 268 g/mol. The Morgan fingerprint density at radius 3 is 2.89 bits per heavy atom. The number of halogens is 1. The summed E-state index contributed by atoms with van der Waals surface area (Å²) in [5, 5.41) is 7.98. The van der Waals surface area contributed by atoms with Crippen molar-refractivity contribution in [1.29, 1.82) is 5.41 Å². The third-order valence-electron chi connectivity index (χ3n) is 3.18. The topological polar surface area (TPSA) is 69.2 Å². The van der Waals surface area contributed by atoms with E-state index in [9.17, 15) is 0 Å². The SMILES string of the molecule is CN1CCCN(c2nccc(C(=N)N)c2Cl)CC1. The monoisotopic (exact) mass is 267 g/mol. The summed E-state index contributed by atoms with van der Waals surface area (Å²) < 4.78 is 0. The molecular formula is C12H18ClN5. The average Bonchev–Trinajstić information content (AvgIpc) is 2.54. The highest BCUT2D eigenvalue weighted by molar-refractivity contribution is 6.36. The molecule has 18 heavy (non-hydrogen) atoms. The minimum Gasteiger partial charge on any atom is -0.384 e. The highest BCUT2D eigenvalue weighted by Gasteiger charge is 2.18. The second-order valence-electron chi connectivity index (χ2n) is 4.55. The van der Waals surface area contributed by atoms with Crippen LogP contribution in [-0.2, 0) is 0 Å². The normalized spacial score (nSPS) is 17.6. The first-order valence-electron chi connectivity index (χ1n) is 6.02. The number of nitrogens with zero attached hydrogens (tertiary/aromatic N) is 3. The summed E-state index contributed by atoms with van der Waals surface area (Å²) in [6.45, 7) is 3.89. The van der Waals surface area contributed by atoms with Crippen LogP contribution in [0.25, 0.3) is 0 Å². The van der Waals surface area contributed by atoms with Crippen molar-refractivity contribution in [2.45, 2.75) is 6.42 Å². The summed E-state index contributed by atoms with van der Waals surface area (Å²) in [5.74, 6) is 0.718. The number of nitrogen functional groups attached to an aromatic ring is 1. The molecule has 0 atom stereocenters. The van der Waals surface area contributed by atoms with Crippen molar-refractivity contribution in [3.05, 3.63) is 22.8 Å². The predicted molar refractivity (Wildman–Crippen MR) is 74.6 cm³/mol. The summed E-state index contributed by atoms with van der Waals surface area (Å²) in [5.41, 5.74) is 6.07. The van der Waals surface area contributed by atoms with Gasteiger partial charge in [-0.05, 0) is 26.1 Å². The highest BCUT2D eigenvalue weighted by Crippen LogP contribution is 2.27. The number of anilines is 1. The fourth-order valence-electron chi connectivity index (χ4n) is 2.12. The Balaban J connectivity index is 2.27. The lowest BCUT2D eigenvalue weighted by molar-refractivity contribution is 0.360. The van der Waals surface area contributed by atoms with Crippen LogP contribution < -0.4 is 10.6 Å². The molecular weight excluding hydrogens is 250 g/mol. The molecule has 0 spiro atoms. The summed E-state index contributed by atoms with van der Waals surface area (Å²) in [6, 6.07) is 1.68. The molecule has 0 aromatic carbocycles. The molecule has 1 saturated heterocycles. The number of nitrogens with two attached hydrogens (primary N) is 1. The van der Waals surface area contributed by atoms with Crippen LogP contribution >= 0.6 is 11.6 Å². The first-order chi connectivity index (χ1) is 8.59. The van der Waals surface area contributed by atoms with Crippen molar-refractivity contribution in [2.75, 3.05) is 38.1 Å². The van der Waals surface area contributed by atoms with Gasteiger partial charge in [-0.1, -0.05) is 11.6 Å². The number of aromatic nitrogens is 1. The Labute approximate surface area is 112 Å². The van der Waals surface area contributed by atoms with Crippen LogP contribution in [0, 0.1) is 5.41 Å². The van der Waals surface area contributed by atoms with Crippen LogP contribution in [0.4, 0.5) is 5.82 Å². The van der Waals surface area contributed by atoms with E-state index in [-0.39, 0.29) is 5.84 Å². The number of hydrogen-bond acceptors (Lipinski definition) is 4. The number of pyridine rings is 1. The van der Waals surface area contributed by atoms with Gasteiger partial charge in [0.05, 0.1) is 5.02 Å². The van der Waals surface area contributed by atoms with Crippen molar-refractivity contribution < 1.29 is 0 Å². The van der Waals surface area contributed by atoms with Crippen molar-refractivity contribution in [1.82, 2.24) is 9.88 Å². The molecule has 0 bridgehead atoms. The van der Waals surface area contributed by atoms with Gasteiger partial charge < -0.3 is 15.5 Å². The van der Waals surface area contributed by atoms with E-state index < -0.39 is 0 Å². The van der Waals surface area contributed by atoms with Gasteiger partial charge >= 0.3 is 0 Å². The molecule has 1 aromatic rings. The molecule has 0 radical (unpaired) electrons. The number of amidine groups is 1. The number of nitrogens with one attached hydrogen (secondary N) is 1. The minimum absolute atomic E-state index is 0.0180. The van der Waals surface area contributed by atoms with Crippen LogP contribution in [-0.4, -0.2) is 48.9 Å². The summed E-state index contributed by atoms with van der Waals surface area (Å²) >= 11 is 6.29. The van der Waals surface area contributed by atoms with Gasteiger partial charge in [-0.3, -0.25) is 5.41 Å². The first kappa shape index (κ1) is 13.1. The third-order valence-corrected chi connectivity index (χ3v) is 3.55. The second kappa shape index (κ2) is 5.54. The first-order valence-corrected chi connectivity index (χ1v) is 6.40. The lowest BCUT2D eigenvalue weighted by atomic mass is 10.2. The Morgan fingerprint density at radius 1 is 1.39 bits per heavy atom. The summed E-state index contributed by atoms with van der Waals surface area (Å²) in [6.07, 6.45) is 2.74. The zero-order chi connectivity index (χ0) is 13.1. The van der Waals surface area contributed by atoms with E-state index in [0.29, 0.717) is 10.6 Å². The van der Waals surface area contributed by atoms with E-state index >= 15 is 0 Å². The van der Waals surface area contributed by atoms with Gasteiger partial charge in [-0.15, -0.1) is 0 Å². The van der Waals surface area contributed by atoms with Gasteiger partial charge in [0.2, 0.25) is 0 Å². The summed E-state index contributed by atoms with van der Waals surface area (Å²) in [7, 11) is 2.12. The Bertz CT molecular complexity index is 448. The molecule has 1 aromatic heterocycles. The van der Waals surface area contributed by atoms with Crippen molar-refractivity contribution in [2.24, 2.45) is 5.73 Å². The highest BCUT2D eigenvalue weighted by atomic mass is 35.5. The molecule has 2 heterocycles. The van der Waals surface area contributed by atoms with Gasteiger partial charge in [0, 0.05) is 31.4 Å². The molecule has 1 aliphatic heterocycles. The fourth-order valence-corrected chi connectivity index (χ4v) is 2.45. The Kier molecular flexibility index (Phi) is 4.04. The van der Waals surface area contributed by atoms with Gasteiger partial charge in [0.1, 0.15) is 11.7 Å². The van der Waals surface area contributed by atoms with E-state index in [2.05, 4.69) is 21.8 Å². The van der Waals surface area contributed by atoms with E-state index in [4.69, 9.17) is 22.7 Å². The maximum atomic E-state index is 7.50. The van der Waals surface area contributed by atoms with Crippen LogP contribution in [0.1, 0.15) is 12.0 Å². The summed E-state index contributed by atoms with van der Waals surface area (Å²) in [4.78, 5) is 8.79. The van der Waals surface area contributed by atoms with Gasteiger partial charge in [-0.2, -0.15) is 0 Å². The third kappa shape index (κ3) is 2.73. The predicted octanol–water partition coefficient (Wildman–Crippen LogP) is 1.16. The fraction of sp³-hybridized carbons (Fsp3) is 0.500. The zero-order valence-electron chi connectivity index (χ0n) is 10.5. The molecule has 0 unspecified atom stereocenters. The zero-order valence-corrected chi connectivity index (χ0v) is 11.2. The molecule has 0 aliphatic carbocycles. The number of hydrogen-bond donors (Lipinski definition) is 2. The van der Waals surface area contributed by atoms with E-state index in [0.717, 1.165) is 38.4 Å². The molecule has 98 valence electrons. The van der Waals surface area contributed by atoms with Gasteiger partial charge in [0.25, 0.3) is 0 Å². The van der Waals surface area contributed by atoms with Crippen LogP contribution in [0.2, 0.25) is 5.02 Å². The van der Waals surface area contributed by atoms with Crippen molar-refractivity contribution >= 4 is 23.3 Å². The van der Waals surface area contributed by atoms with Crippen LogP contribution in [0.3, 0.4) is 0 Å². The van der Waals surface area contributed by atoms with E-state index in [1.54, 1.807) is 12.3 Å². The molecule has 3 N–H and O–H groups in total. The number of likely N-dealkylation sites (N-methyl/N-ethyl adjacent to an activating group) is 1. The molecule has 2 rings (SSSR count). The molecule has 6 heteroatoms. The standard InChI is InChI=1S/C12H18ClN5/c1-17-5-2-6-18(8-7-17)12-10(13)9(11(14)15)3-4-16-12/h3-4H,2,5-8H2,1H3,(H3,14,15). The number of rotatable bonds is 2. The maximum Gasteiger partial charge on any atom is 0.148 e. The van der Waals surface area contributed by atoms with Gasteiger partial charge in [-0.25, -0.2) is 4.98 Å². The molecule has 1 fully saturated rings. The lowest BCUT2D eigenvalue weighted by Gasteiger charge is -2.23. The van der Waals surface area contributed by atoms with Crippen LogP contribution in [0.15, 0.2) is 12.3 Å². The largest absolute Gasteiger partial charge is 0.384 e. The molecule has 1 aliphatic rings. The Hall–Kier alpha value is -1.33. The minimum atomic E-state index is -0.0180. The van der Waals surface area contributed by atoms with E-state index in [1.807, 2.05) is 0 Å². The molecule has 0 amide bonds. The molecule has 0 saturated carbocycles. The Morgan fingerprint density at radius 2 is 2.17 bits per heavy atom.